The van der Waals surface area contributed by atoms with Crippen molar-refractivity contribution in [3.05, 3.63) is 63.7 Å². The first-order chi connectivity index (χ1) is 12.7. The summed E-state index contributed by atoms with van der Waals surface area (Å²) < 4.78 is 28.6. The van der Waals surface area contributed by atoms with Gasteiger partial charge in [-0.1, -0.05) is 30.3 Å². The van der Waals surface area contributed by atoms with Crippen LogP contribution in [0.15, 0.2) is 35.2 Å². The van der Waals surface area contributed by atoms with Gasteiger partial charge in [0.1, 0.15) is 0 Å². The molecule has 2 aromatic carbocycles. The van der Waals surface area contributed by atoms with Crippen molar-refractivity contribution in [1.82, 2.24) is 4.31 Å². The van der Waals surface area contributed by atoms with E-state index in [1.807, 2.05) is 33.8 Å². The van der Waals surface area contributed by atoms with Crippen molar-refractivity contribution < 1.29 is 8.42 Å². The quantitative estimate of drug-likeness (QED) is 0.753. The minimum absolute atomic E-state index is 0.532. The topological polar surface area (TPSA) is 37.4 Å². The summed E-state index contributed by atoms with van der Waals surface area (Å²) in [7, 11) is -3.45. The van der Waals surface area contributed by atoms with Gasteiger partial charge in [-0.2, -0.15) is 4.31 Å². The lowest BCUT2D eigenvalue weighted by Gasteiger charge is -2.32. The Bertz CT molecular complexity index is 896. The number of hydrogen-bond acceptors (Lipinski definition) is 2. The van der Waals surface area contributed by atoms with Crippen molar-refractivity contribution in [3.8, 4) is 0 Å². The van der Waals surface area contributed by atoms with Crippen LogP contribution >= 0.6 is 0 Å². The molecule has 3 rings (SSSR count). The van der Waals surface area contributed by atoms with Gasteiger partial charge in [-0.25, -0.2) is 8.42 Å². The van der Waals surface area contributed by atoms with Crippen LogP contribution in [-0.4, -0.2) is 25.8 Å². The zero-order valence-electron chi connectivity index (χ0n) is 17.2. The molecule has 27 heavy (non-hydrogen) atoms. The van der Waals surface area contributed by atoms with Crippen molar-refractivity contribution in [2.24, 2.45) is 5.92 Å². The molecule has 0 radical (unpaired) electrons. The van der Waals surface area contributed by atoms with E-state index in [0.717, 1.165) is 41.5 Å². The average molecular weight is 386 g/mol. The SMILES string of the molecule is Cc1c(C)c(C)c(S(=O)(=O)N2CCC(Cc3ccccc3)CC2)c(C)c1C. The van der Waals surface area contributed by atoms with Crippen LogP contribution in [0, 0.1) is 40.5 Å². The Labute approximate surface area is 164 Å². The Balaban J connectivity index is 1.80. The van der Waals surface area contributed by atoms with Gasteiger partial charge in [0.05, 0.1) is 4.90 Å². The van der Waals surface area contributed by atoms with E-state index >= 15 is 0 Å². The molecule has 1 fully saturated rings. The second kappa shape index (κ2) is 7.76. The van der Waals surface area contributed by atoms with Crippen LogP contribution in [0.3, 0.4) is 0 Å². The third kappa shape index (κ3) is 3.83. The summed E-state index contributed by atoms with van der Waals surface area (Å²) in [6.07, 6.45) is 2.89. The van der Waals surface area contributed by atoms with Gasteiger partial charge in [-0.05, 0) is 93.2 Å². The van der Waals surface area contributed by atoms with E-state index in [0.29, 0.717) is 23.9 Å². The molecule has 1 heterocycles. The van der Waals surface area contributed by atoms with E-state index in [4.69, 9.17) is 0 Å². The average Bonchev–Trinajstić information content (AvgIpc) is 2.66. The predicted molar refractivity (Wildman–Crippen MR) is 112 cm³/mol. The van der Waals surface area contributed by atoms with Gasteiger partial charge in [-0.15, -0.1) is 0 Å². The molecule has 0 atom stereocenters. The molecule has 4 heteroatoms. The molecule has 3 nitrogen and oxygen atoms in total. The van der Waals surface area contributed by atoms with Gasteiger partial charge >= 0.3 is 0 Å². The molecule has 1 aliphatic heterocycles. The van der Waals surface area contributed by atoms with Crippen molar-refractivity contribution in [2.75, 3.05) is 13.1 Å². The van der Waals surface area contributed by atoms with Gasteiger partial charge in [0.25, 0.3) is 0 Å². The molecule has 146 valence electrons. The number of hydrogen-bond donors (Lipinski definition) is 0. The van der Waals surface area contributed by atoms with Crippen LogP contribution < -0.4 is 0 Å². The van der Waals surface area contributed by atoms with E-state index in [1.165, 1.54) is 11.1 Å². The maximum Gasteiger partial charge on any atom is 0.243 e. The molecule has 0 saturated carbocycles. The summed E-state index contributed by atoms with van der Waals surface area (Å²) in [4.78, 5) is 0.532. The fourth-order valence-corrected chi connectivity index (χ4v) is 6.31. The number of nitrogens with zero attached hydrogens (tertiary/aromatic N) is 1. The number of sulfonamides is 1. The summed E-state index contributed by atoms with van der Waals surface area (Å²) in [5.41, 5.74) is 6.54. The van der Waals surface area contributed by atoms with Crippen LogP contribution in [0.25, 0.3) is 0 Å². The maximum absolute atomic E-state index is 13.4. The lowest BCUT2D eigenvalue weighted by Crippen LogP contribution is -2.39. The second-order valence-electron chi connectivity index (χ2n) is 7.99. The van der Waals surface area contributed by atoms with Crippen molar-refractivity contribution in [2.45, 2.75) is 58.8 Å². The van der Waals surface area contributed by atoms with E-state index in [1.54, 1.807) is 4.31 Å². The van der Waals surface area contributed by atoms with Crippen LogP contribution in [0.5, 0.6) is 0 Å². The summed E-state index contributed by atoms with van der Waals surface area (Å²) in [5, 5.41) is 0. The number of benzene rings is 2. The lowest BCUT2D eigenvalue weighted by molar-refractivity contribution is 0.272. The van der Waals surface area contributed by atoms with Crippen LogP contribution in [0.4, 0.5) is 0 Å². The third-order valence-corrected chi connectivity index (χ3v) is 8.64. The minimum Gasteiger partial charge on any atom is -0.207 e. The van der Waals surface area contributed by atoms with Gasteiger partial charge in [0.15, 0.2) is 0 Å². The normalized spacial score (nSPS) is 16.6. The van der Waals surface area contributed by atoms with Gasteiger partial charge in [0, 0.05) is 13.1 Å². The zero-order chi connectivity index (χ0) is 19.8. The highest BCUT2D eigenvalue weighted by molar-refractivity contribution is 7.89. The highest BCUT2D eigenvalue weighted by Gasteiger charge is 2.32. The van der Waals surface area contributed by atoms with Gasteiger partial charge in [0.2, 0.25) is 10.0 Å². The molecule has 0 aliphatic carbocycles. The standard InChI is InChI=1S/C23H31NO2S/c1-16-17(2)19(4)23(20(5)18(16)3)27(25,26)24-13-11-22(12-14-24)15-21-9-7-6-8-10-21/h6-10,22H,11-15H2,1-5H3. The van der Waals surface area contributed by atoms with Crippen LogP contribution in [0.1, 0.15) is 46.2 Å². The van der Waals surface area contributed by atoms with E-state index in [2.05, 4.69) is 31.2 Å². The van der Waals surface area contributed by atoms with Crippen LogP contribution in [-0.2, 0) is 16.4 Å². The predicted octanol–water partition coefficient (Wildman–Crippen LogP) is 4.87. The van der Waals surface area contributed by atoms with Crippen LogP contribution in [0.2, 0.25) is 0 Å². The summed E-state index contributed by atoms with van der Waals surface area (Å²) >= 11 is 0. The molecule has 0 unspecified atom stereocenters. The minimum atomic E-state index is -3.45. The van der Waals surface area contributed by atoms with Crippen molar-refractivity contribution in [1.29, 1.82) is 0 Å². The molecule has 2 aromatic rings. The van der Waals surface area contributed by atoms with Crippen molar-refractivity contribution in [3.63, 3.8) is 0 Å². The molecule has 1 saturated heterocycles. The molecule has 1 aliphatic rings. The second-order valence-corrected chi connectivity index (χ2v) is 9.87. The Hall–Kier alpha value is -1.65. The van der Waals surface area contributed by atoms with E-state index < -0.39 is 10.0 Å². The molecule has 0 bridgehead atoms. The van der Waals surface area contributed by atoms with Crippen molar-refractivity contribution >= 4 is 10.0 Å². The van der Waals surface area contributed by atoms with Gasteiger partial charge < -0.3 is 0 Å². The highest BCUT2D eigenvalue weighted by atomic mass is 32.2. The molecule has 0 spiro atoms. The maximum atomic E-state index is 13.4. The Kier molecular flexibility index (Phi) is 5.78. The van der Waals surface area contributed by atoms with Gasteiger partial charge in [-0.3, -0.25) is 0 Å². The Morgan fingerprint density at radius 1 is 0.815 bits per heavy atom. The summed E-state index contributed by atoms with van der Waals surface area (Å²) in [6.45, 7) is 11.3. The lowest BCUT2D eigenvalue weighted by atomic mass is 9.91. The number of piperidine rings is 1. The smallest absolute Gasteiger partial charge is 0.207 e. The molecular formula is C23H31NO2S. The monoisotopic (exact) mass is 385 g/mol. The molecular weight excluding hydrogens is 354 g/mol. The highest BCUT2D eigenvalue weighted by Crippen LogP contribution is 2.33. The first-order valence-electron chi connectivity index (χ1n) is 9.84. The summed E-state index contributed by atoms with van der Waals surface area (Å²) in [5.74, 6) is 0.558. The van der Waals surface area contributed by atoms with E-state index in [-0.39, 0.29) is 0 Å². The fourth-order valence-electron chi connectivity index (χ4n) is 4.28. The third-order valence-electron chi connectivity index (χ3n) is 6.47. The molecule has 0 N–H and O–H groups in total. The Morgan fingerprint density at radius 3 is 1.81 bits per heavy atom. The first kappa shape index (κ1) is 20.1. The largest absolute Gasteiger partial charge is 0.243 e. The van der Waals surface area contributed by atoms with E-state index in [9.17, 15) is 8.42 Å². The Morgan fingerprint density at radius 2 is 1.30 bits per heavy atom. The zero-order valence-corrected chi connectivity index (χ0v) is 18.0. The first-order valence-corrected chi connectivity index (χ1v) is 11.3. The fraction of sp³-hybridized carbons (Fsp3) is 0.478. The molecule has 0 aromatic heterocycles. The number of rotatable bonds is 4. The molecule has 0 amide bonds. The summed E-state index contributed by atoms with van der Waals surface area (Å²) in [6, 6.07) is 10.5.